The number of hydrogen-bond donors (Lipinski definition) is 2. The molecule has 0 aliphatic heterocycles. The van der Waals surface area contributed by atoms with E-state index in [4.69, 9.17) is 38.2 Å². The number of nitrogen functional groups attached to an aromatic ring is 1. The first-order valence-electron chi connectivity index (χ1n) is 5.69. The molecule has 20 heavy (non-hydrogen) atoms. The molecule has 0 bridgehead atoms. The summed E-state index contributed by atoms with van der Waals surface area (Å²) in [6, 6.07) is 6.55. The normalized spacial score (nSPS) is 10.4. The molecule has 0 fully saturated rings. The minimum atomic E-state index is -0.492. The zero-order chi connectivity index (χ0) is 14.7. The predicted octanol–water partition coefficient (Wildman–Crippen LogP) is 3.08. The number of hydrazine groups is 1. The number of ether oxygens (including phenoxy) is 1. The van der Waals surface area contributed by atoms with Gasteiger partial charge in [0.1, 0.15) is 18.1 Å². The molecule has 0 unspecified atom stereocenters. The maximum Gasteiger partial charge on any atom is 0.300 e. The maximum atomic E-state index is 11.3. The van der Waals surface area contributed by atoms with Crippen molar-refractivity contribution in [2.24, 2.45) is 5.84 Å². The van der Waals surface area contributed by atoms with E-state index in [0.29, 0.717) is 21.6 Å². The van der Waals surface area contributed by atoms with Gasteiger partial charge in [0.2, 0.25) is 0 Å². The van der Waals surface area contributed by atoms with Gasteiger partial charge in [-0.1, -0.05) is 23.2 Å². The average molecular weight is 315 g/mol. The average Bonchev–Trinajstić information content (AvgIpc) is 2.80. The highest BCUT2D eigenvalue weighted by molar-refractivity contribution is 6.42. The first kappa shape index (κ1) is 14.7. The molecule has 0 atom stereocenters. The standard InChI is InChI=1S/C13H12Cl2N2O3/c1-7-8(4-12(20-7)13(18)17-16)6-19-9-2-3-10(14)11(15)5-9/h2-5H,6,16H2,1H3,(H,17,18). The van der Waals surface area contributed by atoms with Crippen LogP contribution in [0.2, 0.25) is 10.0 Å². The molecule has 0 radical (unpaired) electrons. The van der Waals surface area contributed by atoms with Crippen LogP contribution >= 0.6 is 23.2 Å². The lowest BCUT2D eigenvalue weighted by Gasteiger charge is -2.06. The van der Waals surface area contributed by atoms with Crippen molar-refractivity contribution in [3.8, 4) is 5.75 Å². The summed E-state index contributed by atoms with van der Waals surface area (Å²) in [6.45, 7) is 1.98. The first-order chi connectivity index (χ1) is 9.51. The molecule has 0 saturated heterocycles. The van der Waals surface area contributed by atoms with Crippen molar-refractivity contribution in [2.75, 3.05) is 0 Å². The third-order valence-corrected chi connectivity index (χ3v) is 3.40. The maximum absolute atomic E-state index is 11.3. The summed E-state index contributed by atoms with van der Waals surface area (Å²) < 4.78 is 10.8. The summed E-state index contributed by atoms with van der Waals surface area (Å²) in [5, 5.41) is 0.872. The first-order valence-corrected chi connectivity index (χ1v) is 6.45. The minimum Gasteiger partial charge on any atom is -0.489 e. The molecule has 106 valence electrons. The molecule has 1 aromatic heterocycles. The van der Waals surface area contributed by atoms with Crippen LogP contribution in [-0.2, 0) is 6.61 Å². The Morgan fingerprint density at radius 3 is 2.75 bits per heavy atom. The lowest BCUT2D eigenvalue weighted by atomic mass is 10.2. The Morgan fingerprint density at radius 2 is 2.10 bits per heavy atom. The monoisotopic (exact) mass is 314 g/mol. The molecule has 0 aliphatic rings. The molecule has 1 aromatic carbocycles. The van der Waals surface area contributed by atoms with Crippen molar-refractivity contribution in [1.82, 2.24) is 5.43 Å². The van der Waals surface area contributed by atoms with Gasteiger partial charge in [-0.2, -0.15) is 0 Å². The third-order valence-electron chi connectivity index (χ3n) is 2.66. The lowest BCUT2D eigenvalue weighted by molar-refractivity contribution is 0.0924. The fourth-order valence-corrected chi connectivity index (χ4v) is 1.86. The second-order valence-corrected chi connectivity index (χ2v) is 4.84. The Labute approximate surface area is 125 Å². The largest absolute Gasteiger partial charge is 0.489 e. The van der Waals surface area contributed by atoms with Crippen LogP contribution < -0.4 is 16.0 Å². The van der Waals surface area contributed by atoms with E-state index in [1.54, 1.807) is 31.2 Å². The highest BCUT2D eigenvalue weighted by Gasteiger charge is 2.13. The van der Waals surface area contributed by atoms with Crippen molar-refractivity contribution in [2.45, 2.75) is 13.5 Å². The van der Waals surface area contributed by atoms with Gasteiger partial charge in [-0.15, -0.1) is 0 Å². The summed E-state index contributed by atoms with van der Waals surface area (Å²) in [5.74, 6) is 5.85. The lowest BCUT2D eigenvalue weighted by Crippen LogP contribution is -2.29. The van der Waals surface area contributed by atoms with Crippen molar-refractivity contribution >= 4 is 29.1 Å². The van der Waals surface area contributed by atoms with Crippen LogP contribution in [0, 0.1) is 6.92 Å². The van der Waals surface area contributed by atoms with Gasteiger partial charge < -0.3 is 9.15 Å². The van der Waals surface area contributed by atoms with E-state index in [2.05, 4.69) is 0 Å². The SMILES string of the molecule is Cc1oc(C(=O)NN)cc1COc1ccc(Cl)c(Cl)c1. The van der Waals surface area contributed by atoms with E-state index >= 15 is 0 Å². The third kappa shape index (κ3) is 3.25. The number of halogens is 2. The summed E-state index contributed by atoms with van der Waals surface area (Å²) >= 11 is 11.7. The van der Waals surface area contributed by atoms with Gasteiger partial charge in [0, 0.05) is 11.6 Å². The number of aryl methyl sites for hydroxylation is 1. The molecule has 2 aromatic rings. The number of carbonyl (C=O) groups excluding carboxylic acids is 1. The Bertz CT molecular complexity index is 641. The fourth-order valence-electron chi connectivity index (χ4n) is 1.57. The fraction of sp³-hybridized carbons (Fsp3) is 0.154. The molecule has 2 rings (SSSR count). The number of amides is 1. The number of nitrogens with one attached hydrogen (secondary N) is 1. The summed E-state index contributed by atoms with van der Waals surface area (Å²) in [5.41, 5.74) is 2.75. The van der Waals surface area contributed by atoms with Crippen molar-refractivity contribution in [1.29, 1.82) is 0 Å². The van der Waals surface area contributed by atoms with Gasteiger partial charge in [-0.3, -0.25) is 10.2 Å². The van der Waals surface area contributed by atoms with E-state index in [1.807, 2.05) is 5.43 Å². The number of rotatable bonds is 4. The molecular weight excluding hydrogens is 303 g/mol. The number of hydrogen-bond acceptors (Lipinski definition) is 4. The van der Waals surface area contributed by atoms with Gasteiger partial charge in [-0.05, 0) is 25.1 Å². The van der Waals surface area contributed by atoms with E-state index in [9.17, 15) is 4.79 Å². The molecular formula is C13H12Cl2N2O3. The van der Waals surface area contributed by atoms with Gasteiger partial charge >= 0.3 is 5.91 Å². The van der Waals surface area contributed by atoms with Gasteiger partial charge in [0.05, 0.1) is 10.0 Å². The Morgan fingerprint density at radius 1 is 1.35 bits per heavy atom. The molecule has 5 nitrogen and oxygen atoms in total. The van der Waals surface area contributed by atoms with Crippen LogP contribution in [0.4, 0.5) is 0 Å². The molecule has 1 heterocycles. The van der Waals surface area contributed by atoms with Gasteiger partial charge in [0.15, 0.2) is 5.76 Å². The van der Waals surface area contributed by atoms with Crippen LogP contribution in [0.15, 0.2) is 28.7 Å². The Kier molecular flexibility index (Phi) is 4.54. The second kappa shape index (κ2) is 6.17. The van der Waals surface area contributed by atoms with Crippen LogP contribution in [0.3, 0.4) is 0 Å². The molecule has 0 saturated carbocycles. The molecule has 1 amide bonds. The van der Waals surface area contributed by atoms with Crippen LogP contribution in [0.5, 0.6) is 5.75 Å². The molecule has 0 aliphatic carbocycles. The van der Waals surface area contributed by atoms with E-state index in [1.165, 1.54) is 0 Å². The van der Waals surface area contributed by atoms with E-state index in [0.717, 1.165) is 5.56 Å². The quantitative estimate of drug-likeness (QED) is 0.516. The summed E-state index contributed by atoms with van der Waals surface area (Å²) in [4.78, 5) is 11.3. The van der Waals surface area contributed by atoms with Crippen molar-refractivity contribution in [3.05, 3.63) is 51.4 Å². The van der Waals surface area contributed by atoms with Crippen LogP contribution in [0.25, 0.3) is 0 Å². The van der Waals surface area contributed by atoms with Crippen molar-refractivity contribution in [3.63, 3.8) is 0 Å². The Balaban J connectivity index is 2.08. The van der Waals surface area contributed by atoms with Crippen LogP contribution in [0.1, 0.15) is 21.9 Å². The van der Waals surface area contributed by atoms with Crippen LogP contribution in [-0.4, -0.2) is 5.91 Å². The molecule has 0 spiro atoms. The number of furan rings is 1. The number of carbonyl (C=O) groups is 1. The topological polar surface area (TPSA) is 77.5 Å². The zero-order valence-electron chi connectivity index (χ0n) is 10.6. The summed E-state index contributed by atoms with van der Waals surface area (Å²) in [6.07, 6.45) is 0. The molecule has 3 N–H and O–H groups in total. The van der Waals surface area contributed by atoms with Gasteiger partial charge in [0.25, 0.3) is 0 Å². The summed E-state index contributed by atoms with van der Waals surface area (Å²) in [7, 11) is 0. The highest BCUT2D eigenvalue weighted by Crippen LogP contribution is 2.27. The minimum absolute atomic E-state index is 0.137. The number of nitrogens with two attached hydrogens (primary N) is 1. The number of benzene rings is 1. The Hall–Kier alpha value is -1.69. The zero-order valence-corrected chi connectivity index (χ0v) is 12.1. The van der Waals surface area contributed by atoms with Gasteiger partial charge in [-0.25, -0.2) is 5.84 Å². The smallest absolute Gasteiger partial charge is 0.300 e. The predicted molar refractivity (Wildman–Crippen MR) is 75.9 cm³/mol. The second-order valence-electron chi connectivity index (χ2n) is 4.03. The van der Waals surface area contributed by atoms with E-state index in [-0.39, 0.29) is 12.4 Å². The van der Waals surface area contributed by atoms with Crippen molar-refractivity contribution < 1.29 is 13.9 Å². The molecule has 7 heteroatoms. The van der Waals surface area contributed by atoms with E-state index < -0.39 is 5.91 Å². The highest BCUT2D eigenvalue weighted by atomic mass is 35.5.